The minimum Gasteiger partial charge on any atom is -0.461 e. The van der Waals surface area contributed by atoms with Gasteiger partial charge in [0.25, 0.3) is 0 Å². The SMILES string of the molecule is CCOC(=O)c1c(C)ccn1Cc1cc(F)ccc1F. The number of nitrogens with zero attached hydrogens (tertiary/aromatic N) is 1. The molecular weight excluding hydrogens is 264 g/mol. The van der Waals surface area contributed by atoms with Gasteiger partial charge in [-0.3, -0.25) is 0 Å². The zero-order valence-electron chi connectivity index (χ0n) is 11.3. The Morgan fingerprint density at radius 2 is 2.05 bits per heavy atom. The predicted molar refractivity (Wildman–Crippen MR) is 70.6 cm³/mol. The number of esters is 1. The Balaban J connectivity index is 2.34. The van der Waals surface area contributed by atoms with Gasteiger partial charge >= 0.3 is 5.97 Å². The van der Waals surface area contributed by atoms with Crippen LogP contribution in [0.2, 0.25) is 0 Å². The van der Waals surface area contributed by atoms with E-state index in [1.165, 1.54) is 0 Å². The van der Waals surface area contributed by atoms with E-state index >= 15 is 0 Å². The van der Waals surface area contributed by atoms with Gasteiger partial charge < -0.3 is 9.30 Å². The van der Waals surface area contributed by atoms with E-state index in [4.69, 9.17) is 4.74 Å². The minimum atomic E-state index is -0.511. The molecular formula is C15H15F2NO2. The Hall–Kier alpha value is -2.17. The number of rotatable bonds is 4. The van der Waals surface area contributed by atoms with Crippen LogP contribution in [0, 0.1) is 18.6 Å². The molecule has 1 aromatic carbocycles. The molecule has 0 saturated heterocycles. The second-order valence-electron chi connectivity index (χ2n) is 4.43. The van der Waals surface area contributed by atoms with E-state index in [9.17, 15) is 13.6 Å². The van der Waals surface area contributed by atoms with Gasteiger partial charge in [0.05, 0.1) is 13.2 Å². The Labute approximate surface area is 115 Å². The molecule has 0 fully saturated rings. The maximum Gasteiger partial charge on any atom is 0.355 e. The smallest absolute Gasteiger partial charge is 0.355 e. The van der Waals surface area contributed by atoms with E-state index in [0.717, 1.165) is 23.8 Å². The molecule has 20 heavy (non-hydrogen) atoms. The van der Waals surface area contributed by atoms with Gasteiger partial charge in [-0.05, 0) is 43.7 Å². The van der Waals surface area contributed by atoms with Gasteiger partial charge in [0.2, 0.25) is 0 Å². The van der Waals surface area contributed by atoms with E-state index < -0.39 is 17.6 Å². The first-order valence-corrected chi connectivity index (χ1v) is 6.29. The van der Waals surface area contributed by atoms with Gasteiger partial charge in [0.15, 0.2) is 0 Å². The molecule has 0 spiro atoms. The summed E-state index contributed by atoms with van der Waals surface area (Å²) in [6.45, 7) is 3.82. The summed E-state index contributed by atoms with van der Waals surface area (Å²) in [5.41, 5.74) is 1.28. The summed E-state index contributed by atoms with van der Waals surface area (Å²) in [5.74, 6) is -1.48. The molecule has 1 aromatic heterocycles. The maximum absolute atomic E-state index is 13.6. The zero-order valence-corrected chi connectivity index (χ0v) is 11.3. The summed E-state index contributed by atoms with van der Waals surface area (Å²) in [4.78, 5) is 11.9. The van der Waals surface area contributed by atoms with Gasteiger partial charge in [-0.15, -0.1) is 0 Å². The van der Waals surface area contributed by atoms with Gasteiger partial charge in [0.1, 0.15) is 17.3 Å². The van der Waals surface area contributed by atoms with Crippen molar-refractivity contribution in [2.24, 2.45) is 0 Å². The van der Waals surface area contributed by atoms with Gasteiger partial charge in [0, 0.05) is 11.8 Å². The first-order chi connectivity index (χ1) is 9.52. The van der Waals surface area contributed by atoms with E-state index in [-0.39, 0.29) is 18.7 Å². The van der Waals surface area contributed by atoms with Crippen LogP contribution in [0.15, 0.2) is 30.5 Å². The van der Waals surface area contributed by atoms with Gasteiger partial charge in [-0.2, -0.15) is 0 Å². The Morgan fingerprint density at radius 3 is 2.75 bits per heavy atom. The first-order valence-electron chi connectivity index (χ1n) is 6.29. The molecule has 5 heteroatoms. The van der Waals surface area contributed by atoms with E-state index in [1.807, 2.05) is 0 Å². The summed E-state index contributed by atoms with van der Waals surface area (Å²) >= 11 is 0. The van der Waals surface area contributed by atoms with Crippen molar-refractivity contribution >= 4 is 5.97 Å². The van der Waals surface area contributed by atoms with Crippen LogP contribution in [-0.2, 0) is 11.3 Å². The van der Waals surface area contributed by atoms with Crippen molar-refractivity contribution in [2.45, 2.75) is 20.4 Å². The van der Waals surface area contributed by atoms with Crippen molar-refractivity contribution in [1.82, 2.24) is 4.57 Å². The second kappa shape index (κ2) is 5.86. The summed E-state index contributed by atoms with van der Waals surface area (Å²) < 4.78 is 33.3. The lowest BCUT2D eigenvalue weighted by atomic mass is 10.2. The largest absolute Gasteiger partial charge is 0.461 e. The minimum absolute atomic E-state index is 0.0750. The van der Waals surface area contributed by atoms with Gasteiger partial charge in [-0.1, -0.05) is 0 Å². The third-order valence-electron chi connectivity index (χ3n) is 2.98. The third kappa shape index (κ3) is 2.87. The topological polar surface area (TPSA) is 31.2 Å². The molecule has 0 radical (unpaired) electrons. The van der Waals surface area contributed by atoms with Crippen LogP contribution >= 0.6 is 0 Å². The molecule has 0 atom stereocenters. The number of ether oxygens (including phenoxy) is 1. The standard InChI is InChI=1S/C15H15F2NO2/c1-3-20-15(19)14-10(2)6-7-18(14)9-11-8-12(16)4-5-13(11)17/h4-8H,3,9H2,1-2H3. The lowest BCUT2D eigenvalue weighted by Crippen LogP contribution is -2.14. The van der Waals surface area contributed by atoms with Crippen molar-refractivity contribution in [3.05, 3.63) is 58.9 Å². The van der Waals surface area contributed by atoms with Gasteiger partial charge in [-0.25, -0.2) is 13.6 Å². The molecule has 0 bridgehead atoms. The van der Waals surface area contributed by atoms with Crippen LogP contribution in [-0.4, -0.2) is 17.1 Å². The second-order valence-corrected chi connectivity index (χ2v) is 4.43. The highest BCUT2D eigenvalue weighted by molar-refractivity contribution is 5.89. The number of aromatic nitrogens is 1. The molecule has 0 aliphatic rings. The highest BCUT2D eigenvalue weighted by Crippen LogP contribution is 2.17. The van der Waals surface area contributed by atoms with Crippen LogP contribution in [0.25, 0.3) is 0 Å². The highest BCUT2D eigenvalue weighted by atomic mass is 19.1. The fourth-order valence-corrected chi connectivity index (χ4v) is 2.04. The summed E-state index contributed by atoms with van der Waals surface area (Å²) in [6, 6.07) is 5.00. The zero-order chi connectivity index (χ0) is 14.7. The molecule has 3 nitrogen and oxygen atoms in total. The van der Waals surface area contributed by atoms with Crippen LogP contribution in [0.4, 0.5) is 8.78 Å². The first kappa shape index (κ1) is 14.2. The Bertz CT molecular complexity index is 635. The Kier molecular flexibility index (Phi) is 4.17. The number of halogens is 2. The van der Waals surface area contributed by atoms with E-state index in [0.29, 0.717) is 5.69 Å². The number of benzene rings is 1. The van der Waals surface area contributed by atoms with Crippen molar-refractivity contribution in [2.75, 3.05) is 6.61 Å². The average Bonchev–Trinajstić information content (AvgIpc) is 2.75. The molecule has 2 rings (SSSR count). The van der Waals surface area contributed by atoms with Crippen molar-refractivity contribution < 1.29 is 18.3 Å². The molecule has 0 N–H and O–H groups in total. The fourth-order valence-electron chi connectivity index (χ4n) is 2.04. The summed E-state index contributed by atoms with van der Waals surface area (Å²) in [6.07, 6.45) is 1.66. The molecule has 0 unspecified atom stereocenters. The van der Waals surface area contributed by atoms with E-state index in [1.54, 1.807) is 30.7 Å². The van der Waals surface area contributed by atoms with Crippen LogP contribution in [0.3, 0.4) is 0 Å². The number of aryl methyl sites for hydroxylation is 1. The molecule has 2 aromatic rings. The van der Waals surface area contributed by atoms with Crippen molar-refractivity contribution in [3.63, 3.8) is 0 Å². The van der Waals surface area contributed by atoms with Crippen molar-refractivity contribution in [1.29, 1.82) is 0 Å². The molecule has 0 saturated carbocycles. The van der Waals surface area contributed by atoms with E-state index in [2.05, 4.69) is 0 Å². The lowest BCUT2D eigenvalue weighted by molar-refractivity contribution is 0.0513. The summed E-state index contributed by atoms with van der Waals surface area (Å²) in [5, 5.41) is 0. The van der Waals surface area contributed by atoms with Crippen LogP contribution in [0.5, 0.6) is 0 Å². The lowest BCUT2D eigenvalue weighted by Gasteiger charge is -2.10. The van der Waals surface area contributed by atoms with Crippen LogP contribution in [0.1, 0.15) is 28.5 Å². The molecule has 106 valence electrons. The molecule has 0 aliphatic heterocycles. The normalized spacial score (nSPS) is 10.6. The third-order valence-corrected chi connectivity index (χ3v) is 2.98. The number of carbonyl (C=O) groups is 1. The Morgan fingerprint density at radius 1 is 1.30 bits per heavy atom. The summed E-state index contributed by atoms with van der Waals surface area (Å²) in [7, 11) is 0. The highest BCUT2D eigenvalue weighted by Gasteiger charge is 2.17. The average molecular weight is 279 g/mol. The quantitative estimate of drug-likeness (QED) is 0.804. The molecule has 0 aliphatic carbocycles. The molecule has 0 amide bonds. The monoisotopic (exact) mass is 279 g/mol. The predicted octanol–water partition coefficient (Wildman–Crippen LogP) is 3.30. The van der Waals surface area contributed by atoms with Crippen molar-refractivity contribution in [3.8, 4) is 0 Å². The molecule has 1 heterocycles. The maximum atomic E-state index is 13.6. The van der Waals surface area contributed by atoms with Crippen LogP contribution < -0.4 is 0 Å². The fraction of sp³-hybridized carbons (Fsp3) is 0.267. The number of hydrogen-bond donors (Lipinski definition) is 0. The number of hydrogen-bond acceptors (Lipinski definition) is 2. The number of carbonyl (C=O) groups excluding carboxylic acids is 1.